The van der Waals surface area contributed by atoms with Gasteiger partial charge in [0.05, 0.1) is 5.56 Å². The summed E-state index contributed by atoms with van der Waals surface area (Å²) in [5.74, 6) is 0.501. The first-order valence-electron chi connectivity index (χ1n) is 5.46. The highest BCUT2D eigenvalue weighted by molar-refractivity contribution is 6.37. The number of hydrogen-bond donors (Lipinski definition) is 0. The normalized spacial score (nSPS) is 10.5. The van der Waals surface area contributed by atoms with Crippen LogP contribution >= 0.6 is 23.2 Å². The van der Waals surface area contributed by atoms with Crippen LogP contribution in [0.1, 0.15) is 5.56 Å². The van der Waals surface area contributed by atoms with Crippen LogP contribution in [0.2, 0.25) is 10.3 Å². The lowest BCUT2D eigenvalue weighted by Crippen LogP contribution is -2.13. The summed E-state index contributed by atoms with van der Waals surface area (Å²) in [7, 11) is 3.68. The maximum absolute atomic E-state index is 6.19. The second-order valence-electron chi connectivity index (χ2n) is 4.24. The highest BCUT2D eigenvalue weighted by Gasteiger charge is 2.14. The van der Waals surface area contributed by atoms with E-state index in [0.29, 0.717) is 21.8 Å². The second kappa shape index (κ2) is 5.12. The van der Waals surface area contributed by atoms with E-state index in [-0.39, 0.29) is 0 Å². The summed E-state index contributed by atoms with van der Waals surface area (Å²) < 4.78 is 0. The Kier molecular flexibility index (Phi) is 3.73. The van der Waals surface area contributed by atoms with Crippen molar-refractivity contribution in [3.05, 3.63) is 40.1 Å². The molecule has 0 amide bonds. The first kappa shape index (κ1) is 13.1. The van der Waals surface area contributed by atoms with E-state index < -0.39 is 0 Å². The molecule has 1 aromatic carbocycles. The fraction of sp³-hybridized carbons (Fsp3) is 0.231. The highest BCUT2D eigenvalue weighted by atomic mass is 35.5. The van der Waals surface area contributed by atoms with E-state index in [1.807, 2.05) is 45.3 Å². The van der Waals surface area contributed by atoms with Crippen LogP contribution in [0.3, 0.4) is 0 Å². The molecule has 0 saturated heterocycles. The number of rotatable bonds is 2. The van der Waals surface area contributed by atoms with Crippen molar-refractivity contribution >= 4 is 29.2 Å². The summed E-state index contributed by atoms with van der Waals surface area (Å²) in [6.45, 7) is 2.03. The number of hydrogen-bond acceptors (Lipinski definition) is 3. The van der Waals surface area contributed by atoms with E-state index in [4.69, 9.17) is 23.2 Å². The lowest BCUT2D eigenvalue weighted by Gasteiger charge is -2.13. The van der Waals surface area contributed by atoms with Crippen LogP contribution in [0.15, 0.2) is 24.3 Å². The van der Waals surface area contributed by atoms with Gasteiger partial charge in [-0.2, -0.15) is 0 Å². The molecule has 0 aliphatic heterocycles. The molecule has 0 bridgehead atoms. The van der Waals surface area contributed by atoms with Gasteiger partial charge in [0.25, 0.3) is 0 Å². The van der Waals surface area contributed by atoms with Gasteiger partial charge in [-0.3, -0.25) is 0 Å². The average Bonchev–Trinajstić information content (AvgIpc) is 2.30. The third-order valence-electron chi connectivity index (χ3n) is 2.55. The molecule has 94 valence electrons. The van der Waals surface area contributed by atoms with Crippen LogP contribution in [0.4, 0.5) is 5.95 Å². The molecule has 0 aliphatic carbocycles. The van der Waals surface area contributed by atoms with E-state index in [1.54, 1.807) is 4.90 Å². The smallest absolute Gasteiger partial charge is 0.227 e. The standard InChI is InChI=1S/C13H13Cl2N3/c1-8-4-6-9(7-5-8)10-11(14)16-13(18(2)3)17-12(10)15/h4-7H,1-3H3. The van der Waals surface area contributed by atoms with E-state index >= 15 is 0 Å². The summed E-state index contributed by atoms with van der Waals surface area (Å²) in [5.41, 5.74) is 2.77. The minimum atomic E-state index is 0.363. The van der Waals surface area contributed by atoms with Crippen LogP contribution in [0, 0.1) is 6.92 Å². The summed E-state index contributed by atoms with van der Waals surface area (Å²) in [5, 5.41) is 0.727. The molecule has 18 heavy (non-hydrogen) atoms. The lowest BCUT2D eigenvalue weighted by atomic mass is 10.1. The minimum absolute atomic E-state index is 0.363. The maximum atomic E-state index is 6.19. The first-order valence-corrected chi connectivity index (χ1v) is 6.22. The van der Waals surface area contributed by atoms with Crippen molar-refractivity contribution in [2.75, 3.05) is 19.0 Å². The summed E-state index contributed by atoms with van der Waals surface area (Å²) in [4.78, 5) is 10.2. The van der Waals surface area contributed by atoms with Crippen LogP contribution in [-0.4, -0.2) is 24.1 Å². The van der Waals surface area contributed by atoms with Crippen molar-refractivity contribution in [1.82, 2.24) is 9.97 Å². The van der Waals surface area contributed by atoms with Gasteiger partial charge in [0.2, 0.25) is 5.95 Å². The summed E-state index contributed by atoms with van der Waals surface area (Å²) in [6.07, 6.45) is 0. The molecule has 1 aromatic heterocycles. The highest BCUT2D eigenvalue weighted by Crippen LogP contribution is 2.33. The molecule has 2 aromatic rings. The number of aryl methyl sites for hydroxylation is 1. The number of nitrogens with zero attached hydrogens (tertiary/aromatic N) is 3. The molecule has 0 radical (unpaired) electrons. The third-order valence-corrected chi connectivity index (χ3v) is 3.10. The van der Waals surface area contributed by atoms with E-state index in [0.717, 1.165) is 5.56 Å². The topological polar surface area (TPSA) is 29.0 Å². The molecule has 0 saturated carbocycles. The van der Waals surface area contributed by atoms with Crippen molar-refractivity contribution in [2.45, 2.75) is 6.92 Å². The van der Waals surface area contributed by atoms with E-state index in [2.05, 4.69) is 9.97 Å². The predicted octanol–water partition coefficient (Wildman–Crippen LogP) is 3.82. The Hall–Kier alpha value is -1.32. The molecule has 0 atom stereocenters. The van der Waals surface area contributed by atoms with Crippen molar-refractivity contribution < 1.29 is 0 Å². The minimum Gasteiger partial charge on any atom is -0.347 e. The largest absolute Gasteiger partial charge is 0.347 e. The van der Waals surface area contributed by atoms with Crippen molar-refractivity contribution in [2.24, 2.45) is 0 Å². The SMILES string of the molecule is Cc1ccc(-c2c(Cl)nc(N(C)C)nc2Cl)cc1. The number of anilines is 1. The van der Waals surface area contributed by atoms with Gasteiger partial charge in [-0.1, -0.05) is 53.0 Å². The number of halogens is 2. The van der Waals surface area contributed by atoms with Crippen molar-refractivity contribution in [1.29, 1.82) is 0 Å². The van der Waals surface area contributed by atoms with Gasteiger partial charge < -0.3 is 4.90 Å². The summed E-state index contributed by atoms with van der Waals surface area (Å²) in [6, 6.07) is 7.92. The number of aromatic nitrogens is 2. The van der Waals surface area contributed by atoms with E-state index in [9.17, 15) is 0 Å². The Balaban J connectivity index is 2.55. The molecule has 3 nitrogen and oxygen atoms in total. The quantitative estimate of drug-likeness (QED) is 0.784. The Morgan fingerprint density at radius 1 is 0.944 bits per heavy atom. The Morgan fingerprint density at radius 3 is 1.89 bits per heavy atom. The molecule has 1 heterocycles. The average molecular weight is 282 g/mol. The van der Waals surface area contributed by atoms with Crippen LogP contribution in [0.5, 0.6) is 0 Å². The van der Waals surface area contributed by atoms with Gasteiger partial charge in [-0.25, -0.2) is 9.97 Å². The van der Waals surface area contributed by atoms with Gasteiger partial charge in [0.1, 0.15) is 10.3 Å². The molecule has 0 spiro atoms. The van der Waals surface area contributed by atoms with Gasteiger partial charge in [-0.15, -0.1) is 0 Å². The fourth-order valence-corrected chi connectivity index (χ4v) is 2.15. The molecule has 5 heteroatoms. The van der Waals surface area contributed by atoms with Crippen LogP contribution in [-0.2, 0) is 0 Å². The molecule has 0 aliphatic rings. The molecule has 0 unspecified atom stereocenters. The monoisotopic (exact) mass is 281 g/mol. The molecule has 0 N–H and O–H groups in total. The Bertz CT molecular complexity index is 542. The lowest BCUT2D eigenvalue weighted by molar-refractivity contribution is 1.00. The van der Waals surface area contributed by atoms with Gasteiger partial charge in [-0.05, 0) is 12.5 Å². The molecule has 0 fully saturated rings. The van der Waals surface area contributed by atoms with Crippen LogP contribution in [0.25, 0.3) is 11.1 Å². The zero-order valence-corrected chi connectivity index (χ0v) is 11.9. The molecule has 2 rings (SSSR count). The first-order chi connectivity index (χ1) is 8.49. The van der Waals surface area contributed by atoms with Gasteiger partial charge in [0.15, 0.2) is 0 Å². The fourth-order valence-electron chi connectivity index (χ4n) is 1.56. The summed E-state index contributed by atoms with van der Waals surface area (Å²) >= 11 is 12.4. The molecular weight excluding hydrogens is 269 g/mol. The number of benzene rings is 1. The maximum Gasteiger partial charge on any atom is 0.227 e. The van der Waals surface area contributed by atoms with Crippen molar-refractivity contribution in [3.63, 3.8) is 0 Å². The Morgan fingerprint density at radius 2 is 1.44 bits per heavy atom. The van der Waals surface area contributed by atoms with Crippen LogP contribution < -0.4 is 4.90 Å². The second-order valence-corrected chi connectivity index (χ2v) is 4.96. The third kappa shape index (κ3) is 2.57. The van der Waals surface area contributed by atoms with E-state index in [1.165, 1.54) is 5.56 Å². The Labute approximate surface area is 116 Å². The van der Waals surface area contributed by atoms with Gasteiger partial charge >= 0.3 is 0 Å². The zero-order chi connectivity index (χ0) is 13.3. The molecular formula is C13H13Cl2N3. The predicted molar refractivity (Wildman–Crippen MR) is 76.6 cm³/mol. The zero-order valence-electron chi connectivity index (χ0n) is 10.4. The van der Waals surface area contributed by atoms with Gasteiger partial charge in [0, 0.05) is 14.1 Å². The van der Waals surface area contributed by atoms with Crippen molar-refractivity contribution in [3.8, 4) is 11.1 Å².